The van der Waals surface area contributed by atoms with Gasteiger partial charge in [-0.1, -0.05) is 101 Å². The zero-order chi connectivity index (χ0) is 39.0. The van der Waals surface area contributed by atoms with Crippen molar-refractivity contribution in [1.29, 1.82) is 0 Å². The SMILES string of the molecule is NC(CCCCCCC1(N)CCCCC1N)Cc1ccc(C(=O)O[P+](=O)OC(=O)c2ccc(CC(N)CCCCCCC3(N)CCCCC3N)cc2)cc1. The molecule has 6 unspecified atom stereocenters. The van der Waals surface area contributed by atoms with Gasteiger partial charge in [-0.05, 0) is 99.6 Å². The highest BCUT2D eigenvalue weighted by atomic mass is 31.1. The molecular formula is C42H68N6O5P+. The fourth-order valence-electron chi connectivity index (χ4n) is 8.25. The maximum absolute atomic E-state index is 12.6. The third kappa shape index (κ3) is 14.4. The minimum Gasteiger partial charge on any atom is -0.327 e. The highest BCUT2D eigenvalue weighted by Crippen LogP contribution is 2.31. The maximum atomic E-state index is 12.6. The fraction of sp³-hybridized carbons (Fsp3) is 0.667. The van der Waals surface area contributed by atoms with E-state index in [0.717, 1.165) is 114 Å². The van der Waals surface area contributed by atoms with Gasteiger partial charge in [0, 0.05) is 39.8 Å². The molecule has 12 heteroatoms. The van der Waals surface area contributed by atoms with Crippen LogP contribution in [0.3, 0.4) is 0 Å². The Balaban J connectivity index is 1.07. The smallest absolute Gasteiger partial charge is 0.327 e. The van der Waals surface area contributed by atoms with Gasteiger partial charge in [0.25, 0.3) is 0 Å². The van der Waals surface area contributed by atoms with Crippen LogP contribution in [0.1, 0.15) is 160 Å². The van der Waals surface area contributed by atoms with E-state index < -0.39 is 20.2 Å². The number of nitrogens with two attached hydrogens (primary N) is 6. The van der Waals surface area contributed by atoms with Gasteiger partial charge in [0.15, 0.2) is 0 Å². The highest BCUT2D eigenvalue weighted by Gasteiger charge is 2.35. The molecule has 0 aromatic heterocycles. The van der Waals surface area contributed by atoms with Crippen LogP contribution < -0.4 is 34.4 Å². The number of rotatable bonds is 22. The Hall–Kier alpha value is -2.76. The summed E-state index contributed by atoms with van der Waals surface area (Å²) in [6.45, 7) is 0. The van der Waals surface area contributed by atoms with Crippen LogP contribution >= 0.6 is 8.25 Å². The summed E-state index contributed by atoms with van der Waals surface area (Å²) < 4.78 is 22.2. The standard InChI is InChI=1S/C42H68N6O5P/c43-35(13-5-1-3-9-25-41(47)27-11-7-15-37(41)45)29-31-17-21-33(22-18-31)39(49)52-54(51)53-40(50)34-23-19-32(20-24-34)30-36(44)14-6-2-4-10-26-42(48)28-12-8-16-38(42)46/h17-24,35-38H,1-16,25-30,43-48H2/q+1. The van der Waals surface area contributed by atoms with E-state index in [-0.39, 0.29) is 46.4 Å². The van der Waals surface area contributed by atoms with E-state index >= 15 is 0 Å². The van der Waals surface area contributed by atoms with E-state index in [1.165, 1.54) is 25.7 Å². The van der Waals surface area contributed by atoms with Crippen LogP contribution in [0.2, 0.25) is 0 Å². The van der Waals surface area contributed by atoms with Crippen LogP contribution in [0.4, 0.5) is 0 Å². The molecule has 0 amide bonds. The first-order valence-corrected chi connectivity index (χ1v) is 21.7. The second-order valence-electron chi connectivity index (χ2n) is 16.4. The number of carbonyl (C=O) groups excluding carboxylic acids is 2. The molecule has 54 heavy (non-hydrogen) atoms. The van der Waals surface area contributed by atoms with Crippen LogP contribution in [0.25, 0.3) is 0 Å². The average Bonchev–Trinajstić information content (AvgIpc) is 3.14. The lowest BCUT2D eigenvalue weighted by atomic mass is 9.75. The second kappa shape index (κ2) is 22.1. The van der Waals surface area contributed by atoms with Crippen LogP contribution in [0, 0.1) is 0 Å². The summed E-state index contributed by atoms with van der Waals surface area (Å²) in [5.41, 5.74) is 40.5. The molecular weight excluding hydrogens is 699 g/mol. The first kappa shape index (κ1) is 44.0. The van der Waals surface area contributed by atoms with E-state index in [1.54, 1.807) is 24.3 Å². The molecule has 0 radical (unpaired) electrons. The minimum atomic E-state index is -3.01. The third-order valence-corrected chi connectivity index (χ3v) is 12.5. The Kier molecular flexibility index (Phi) is 18.0. The molecule has 12 N–H and O–H groups in total. The molecule has 4 rings (SSSR count). The van der Waals surface area contributed by atoms with Crippen molar-refractivity contribution in [3.8, 4) is 0 Å². The normalized spacial score (nSPS) is 24.4. The summed E-state index contributed by atoms with van der Waals surface area (Å²) in [4.78, 5) is 25.2. The molecule has 2 aromatic carbocycles. The molecule has 2 aromatic rings. The molecule has 0 bridgehead atoms. The lowest BCUT2D eigenvalue weighted by Gasteiger charge is -2.39. The Bertz CT molecular complexity index is 1350. The van der Waals surface area contributed by atoms with Gasteiger partial charge in [0.2, 0.25) is 0 Å². The molecule has 0 aliphatic heterocycles. The quantitative estimate of drug-likeness (QED) is 0.0529. The van der Waals surface area contributed by atoms with Crippen LogP contribution in [0.5, 0.6) is 0 Å². The molecule has 6 atom stereocenters. The van der Waals surface area contributed by atoms with Crippen LogP contribution in [0.15, 0.2) is 48.5 Å². The van der Waals surface area contributed by atoms with E-state index in [4.69, 9.17) is 43.4 Å². The van der Waals surface area contributed by atoms with Crippen molar-refractivity contribution in [3.63, 3.8) is 0 Å². The maximum Gasteiger partial charge on any atom is 0.812 e. The van der Waals surface area contributed by atoms with Gasteiger partial charge in [-0.25, -0.2) is 9.59 Å². The lowest BCUT2D eigenvalue weighted by Crippen LogP contribution is -2.56. The molecule has 2 fully saturated rings. The largest absolute Gasteiger partial charge is 0.812 e. The molecule has 0 spiro atoms. The third-order valence-electron chi connectivity index (χ3n) is 11.9. The summed E-state index contributed by atoms with van der Waals surface area (Å²) in [5.74, 6) is -1.68. The van der Waals surface area contributed by atoms with Crippen LogP contribution in [-0.2, 0) is 26.5 Å². The first-order chi connectivity index (χ1) is 25.9. The van der Waals surface area contributed by atoms with Gasteiger partial charge in [-0.3, -0.25) is 0 Å². The summed E-state index contributed by atoms with van der Waals surface area (Å²) in [6, 6.07) is 13.9. The summed E-state index contributed by atoms with van der Waals surface area (Å²) >= 11 is 0. The number of carbonyl (C=O) groups is 2. The van der Waals surface area contributed by atoms with Crippen molar-refractivity contribution in [3.05, 3.63) is 70.8 Å². The van der Waals surface area contributed by atoms with Crippen LogP contribution in [-0.4, -0.2) is 47.2 Å². The molecule has 2 aliphatic carbocycles. The Morgan fingerprint density at radius 3 is 1.35 bits per heavy atom. The minimum absolute atomic E-state index is 0.00639. The van der Waals surface area contributed by atoms with Crippen molar-refractivity contribution in [1.82, 2.24) is 0 Å². The Morgan fingerprint density at radius 1 is 0.611 bits per heavy atom. The Labute approximate surface area is 324 Å². The van der Waals surface area contributed by atoms with E-state index in [2.05, 4.69) is 0 Å². The van der Waals surface area contributed by atoms with Gasteiger partial charge in [-0.2, -0.15) is 9.05 Å². The monoisotopic (exact) mass is 767 g/mol. The number of unbranched alkanes of at least 4 members (excludes halogenated alkanes) is 6. The van der Waals surface area contributed by atoms with Crippen molar-refractivity contribution < 1.29 is 23.2 Å². The van der Waals surface area contributed by atoms with E-state index in [9.17, 15) is 14.2 Å². The van der Waals surface area contributed by atoms with Gasteiger partial charge in [0.05, 0.1) is 11.1 Å². The van der Waals surface area contributed by atoms with Crippen molar-refractivity contribution in [2.45, 2.75) is 177 Å². The summed E-state index contributed by atoms with van der Waals surface area (Å²) in [7, 11) is -3.01. The fourth-order valence-corrected chi connectivity index (χ4v) is 8.77. The summed E-state index contributed by atoms with van der Waals surface area (Å²) in [6.07, 6.45) is 22.8. The molecule has 300 valence electrons. The predicted octanol–water partition coefficient (Wildman–Crippen LogP) is 6.98. The Morgan fingerprint density at radius 2 is 0.981 bits per heavy atom. The van der Waals surface area contributed by atoms with Crippen molar-refractivity contribution in [2.75, 3.05) is 0 Å². The second-order valence-corrected chi connectivity index (χ2v) is 17.2. The van der Waals surface area contributed by atoms with E-state index in [0.29, 0.717) is 12.8 Å². The number of hydrogen-bond acceptors (Lipinski definition) is 11. The zero-order valence-corrected chi connectivity index (χ0v) is 33.3. The van der Waals surface area contributed by atoms with Crippen molar-refractivity contribution >= 4 is 20.2 Å². The summed E-state index contributed by atoms with van der Waals surface area (Å²) in [5, 5.41) is 0. The number of benzene rings is 2. The number of hydrogen-bond donors (Lipinski definition) is 6. The molecule has 0 heterocycles. The highest BCUT2D eigenvalue weighted by molar-refractivity contribution is 7.34. The van der Waals surface area contributed by atoms with E-state index in [1.807, 2.05) is 24.3 Å². The topological polar surface area (TPSA) is 226 Å². The zero-order valence-electron chi connectivity index (χ0n) is 32.4. The van der Waals surface area contributed by atoms with Gasteiger partial charge < -0.3 is 34.4 Å². The average molecular weight is 768 g/mol. The first-order valence-electron chi connectivity index (χ1n) is 20.6. The molecule has 2 aliphatic rings. The van der Waals surface area contributed by atoms with Crippen molar-refractivity contribution in [2.24, 2.45) is 34.4 Å². The molecule has 2 saturated carbocycles. The van der Waals surface area contributed by atoms with Gasteiger partial charge in [0.1, 0.15) is 0 Å². The predicted molar refractivity (Wildman–Crippen MR) is 217 cm³/mol. The molecule has 0 saturated heterocycles. The van der Waals surface area contributed by atoms with Gasteiger partial charge in [-0.15, -0.1) is 0 Å². The molecule has 11 nitrogen and oxygen atoms in total. The lowest BCUT2D eigenvalue weighted by molar-refractivity contribution is 0.0653. The van der Waals surface area contributed by atoms with Gasteiger partial charge >= 0.3 is 20.2 Å².